The van der Waals surface area contributed by atoms with Crippen molar-refractivity contribution in [1.29, 1.82) is 0 Å². The Kier molecular flexibility index (Phi) is 2.86. The first-order valence-corrected chi connectivity index (χ1v) is 5.28. The third-order valence-corrected chi connectivity index (χ3v) is 2.76. The van der Waals surface area contributed by atoms with Crippen molar-refractivity contribution >= 4 is 0 Å². The molecule has 1 heterocycles. The van der Waals surface area contributed by atoms with Crippen molar-refractivity contribution in [1.82, 2.24) is 9.55 Å². The first-order valence-electron chi connectivity index (χ1n) is 5.28. The van der Waals surface area contributed by atoms with Gasteiger partial charge in [-0.3, -0.25) is 0 Å². The maximum Gasteiger partial charge on any atom is 0.0946 e. The highest BCUT2D eigenvalue weighted by Gasteiger charge is 2.07. The smallest absolute Gasteiger partial charge is 0.0946 e. The number of hydrogen-bond donors (Lipinski definition) is 0. The van der Waals surface area contributed by atoms with Crippen molar-refractivity contribution in [2.24, 2.45) is 0 Å². The molecule has 0 aliphatic heterocycles. The predicted octanol–water partition coefficient (Wildman–Crippen LogP) is 3.00. The van der Waals surface area contributed by atoms with Crippen LogP contribution in [0.3, 0.4) is 0 Å². The maximum absolute atomic E-state index is 4.05. The summed E-state index contributed by atoms with van der Waals surface area (Å²) >= 11 is 0. The molecule has 1 aromatic carbocycles. The minimum absolute atomic E-state index is 0.528. The highest BCUT2D eigenvalue weighted by molar-refractivity contribution is 5.28. The lowest BCUT2D eigenvalue weighted by molar-refractivity contribution is 0.595. The van der Waals surface area contributed by atoms with E-state index in [1.807, 2.05) is 18.7 Å². The summed E-state index contributed by atoms with van der Waals surface area (Å²) in [5, 5.41) is 0. The Hall–Kier alpha value is -1.57. The van der Waals surface area contributed by atoms with Crippen LogP contribution < -0.4 is 0 Å². The Balaban J connectivity index is 2.15. The van der Waals surface area contributed by atoms with E-state index in [2.05, 4.69) is 47.7 Å². The van der Waals surface area contributed by atoms with Gasteiger partial charge in [-0.05, 0) is 24.0 Å². The van der Waals surface area contributed by atoms with Gasteiger partial charge in [0.25, 0.3) is 0 Å². The maximum atomic E-state index is 4.05. The van der Waals surface area contributed by atoms with E-state index in [0.717, 1.165) is 6.54 Å². The van der Waals surface area contributed by atoms with Gasteiger partial charge in [-0.1, -0.05) is 31.2 Å². The highest BCUT2D eigenvalue weighted by Crippen LogP contribution is 2.20. The average Bonchev–Trinajstić information content (AvgIpc) is 2.71. The third kappa shape index (κ3) is 2.27. The lowest BCUT2D eigenvalue weighted by atomic mass is 9.96. The van der Waals surface area contributed by atoms with E-state index < -0.39 is 0 Å². The predicted molar refractivity (Wildman–Crippen MR) is 61.8 cm³/mol. The lowest BCUT2D eigenvalue weighted by Gasteiger charge is -2.14. The van der Waals surface area contributed by atoms with Gasteiger partial charge in [0.2, 0.25) is 0 Å². The second-order valence-electron chi connectivity index (χ2n) is 4.02. The highest BCUT2D eigenvalue weighted by atomic mass is 15.0. The summed E-state index contributed by atoms with van der Waals surface area (Å²) in [7, 11) is 0. The van der Waals surface area contributed by atoms with Crippen molar-refractivity contribution < 1.29 is 0 Å². The van der Waals surface area contributed by atoms with Crippen molar-refractivity contribution in [3.8, 4) is 0 Å². The van der Waals surface area contributed by atoms with Crippen LogP contribution in [0, 0.1) is 6.92 Å². The topological polar surface area (TPSA) is 17.8 Å². The molecule has 0 bridgehead atoms. The number of aromatic nitrogens is 2. The molecule has 0 aliphatic carbocycles. The summed E-state index contributed by atoms with van der Waals surface area (Å²) in [5.41, 5.74) is 2.79. The molecule has 0 amide bonds. The molecule has 1 atom stereocenters. The average molecular weight is 200 g/mol. The zero-order valence-electron chi connectivity index (χ0n) is 9.22. The van der Waals surface area contributed by atoms with Crippen LogP contribution >= 0.6 is 0 Å². The van der Waals surface area contributed by atoms with Gasteiger partial charge < -0.3 is 4.57 Å². The fraction of sp³-hybridized carbons (Fsp3) is 0.308. The molecule has 1 aromatic heterocycles. The van der Waals surface area contributed by atoms with Crippen LogP contribution in [-0.2, 0) is 6.54 Å². The zero-order valence-corrected chi connectivity index (χ0v) is 9.22. The van der Waals surface area contributed by atoms with Gasteiger partial charge in [-0.25, -0.2) is 4.98 Å². The molecule has 0 spiro atoms. The van der Waals surface area contributed by atoms with Crippen molar-refractivity contribution in [2.75, 3.05) is 0 Å². The molecular formula is C13H16N2. The van der Waals surface area contributed by atoms with E-state index in [9.17, 15) is 0 Å². The van der Waals surface area contributed by atoms with Crippen LogP contribution in [0.1, 0.15) is 24.0 Å². The van der Waals surface area contributed by atoms with Crippen LogP contribution in [0.5, 0.6) is 0 Å². The molecule has 2 nitrogen and oxygen atoms in total. The number of rotatable bonds is 3. The summed E-state index contributed by atoms with van der Waals surface area (Å²) in [6.07, 6.45) is 5.70. The molecule has 2 aromatic rings. The van der Waals surface area contributed by atoms with Gasteiger partial charge in [-0.15, -0.1) is 0 Å². The summed E-state index contributed by atoms with van der Waals surface area (Å²) in [6, 6.07) is 8.56. The molecule has 1 unspecified atom stereocenters. The van der Waals surface area contributed by atoms with Gasteiger partial charge in [-0.2, -0.15) is 0 Å². The van der Waals surface area contributed by atoms with Crippen LogP contribution in [0.4, 0.5) is 0 Å². The van der Waals surface area contributed by atoms with Crippen LogP contribution in [-0.4, -0.2) is 9.55 Å². The minimum Gasteiger partial charge on any atom is -0.337 e. The van der Waals surface area contributed by atoms with Crippen molar-refractivity contribution in [2.45, 2.75) is 26.3 Å². The third-order valence-electron chi connectivity index (χ3n) is 2.76. The van der Waals surface area contributed by atoms with E-state index in [-0.39, 0.29) is 0 Å². The molecule has 0 fully saturated rings. The number of imidazole rings is 1. The Morgan fingerprint density at radius 3 is 2.80 bits per heavy atom. The molecule has 78 valence electrons. The minimum atomic E-state index is 0.528. The fourth-order valence-electron chi connectivity index (χ4n) is 1.95. The Bertz CT molecular complexity index is 418. The quantitative estimate of drug-likeness (QED) is 0.744. The second kappa shape index (κ2) is 4.30. The number of aryl methyl sites for hydroxylation is 1. The van der Waals surface area contributed by atoms with Gasteiger partial charge in [0.1, 0.15) is 0 Å². The molecule has 0 saturated carbocycles. The molecule has 0 radical (unpaired) electrons. The van der Waals surface area contributed by atoms with E-state index >= 15 is 0 Å². The Morgan fingerprint density at radius 1 is 1.33 bits per heavy atom. The summed E-state index contributed by atoms with van der Waals surface area (Å²) < 4.78 is 2.12. The first-order chi connectivity index (χ1) is 7.27. The molecule has 2 heteroatoms. The van der Waals surface area contributed by atoms with Gasteiger partial charge in [0, 0.05) is 18.9 Å². The lowest BCUT2D eigenvalue weighted by Crippen LogP contribution is -2.05. The number of hydrogen-bond acceptors (Lipinski definition) is 1. The molecule has 0 saturated heterocycles. The zero-order chi connectivity index (χ0) is 10.7. The molecular weight excluding hydrogens is 184 g/mol. The van der Waals surface area contributed by atoms with Gasteiger partial charge in [0.15, 0.2) is 0 Å². The van der Waals surface area contributed by atoms with E-state index in [1.165, 1.54) is 11.1 Å². The number of benzene rings is 1. The van der Waals surface area contributed by atoms with E-state index in [1.54, 1.807) is 0 Å². The normalized spacial score (nSPS) is 12.7. The SMILES string of the molecule is Cc1ccccc1C(C)Cn1ccnc1. The van der Waals surface area contributed by atoms with Crippen LogP contribution in [0.15, 0.2) is 43.0 Å². The molecule has 2 rings (SSSR count). The molecule has 0 N–H and O–H groups in total. The van der Waals surface area contributed by atoms with Crippen LogP contribution in [0.2, 0.25) is 0 Å². The summed E-state index contributed by atoms with van der Waals surface area (Å²) in [5.74, 6) is 0.528. The molecule has 15 heavy (non-hydrogen) atoms. The van der Waals surface area contributed by atoms with E-state index in [0.29, 0.717) is 5.92 Å². The summed E-state index contributed by atoms with van der Waals surface area (Å²) in [4.78, 5) is 4.05. The van der Waals surface area contributed by atoms with Crippen molar-refractivity contribution in [3.05, 3.63) is 54.1 Å². The summed E-state index contributed by atoms with van der Waals surface area (Å²) in [6.45, 7) is 5.41. The standard InChI is InChI=1S/C13H16N2/c1-11-5-3-4-6-13(11)12(2)9-15-8-7-14-10-15/h3-8,10,12H,9H2,1-2H3. The van der Waals surface area contributed by atoms with Crippen molar-refractivity contribution in [3.63, 3.8) is 0 Å². The number of nitrogens with zero attached hydrogens (tertiary/aromatic N) is 2. The Labute approximate surface area is 90.6 Å². The van der Waals surface area contributed by atoms with Gasteiger partial charge >= 0.3 is 0 Å². The van der Waals surface area contributed by atoms with E-state index in [4.69, 9.17) is 0 Å². The largest absolute Gasteiger partial charge is 0.337 e. The van der Waals surface area contributed by atoms with Crippen LogP contribution in [0.25, 0.3) is 0 Å². The first kappa shape index (κ1) is 9.97. The monoisotopic (exact) mass is 200 g/mol. The van der Waals surface area contributed by atoms with Gasteiger partial charge in [0.05, 0.1) is 6.33 Å². The fourth-order valence-corrected chi connectivity index (χ4v) is 1.95. The Morgan fingerprint density at radius 2 is 2.13 bits per heavy atom. The second-order valence-corrected chi connectivity index (χ2v) is 4.02. The molecule has 0 aliphatic rings.